The van der Waals surface area contributed by atoms with E-state index in [1.807, 2.05) is 6.92 Å². The molecule has 0 unspecified atom stereocenters. The van der Waals surface area contributed by atoms with E-state index in [-0.39, 0.29) is 18.6 Å². The molecule has 0 saturated carbocycles. The molecule has 6 heteroatoms. The molecule has 2 rings (SSSR count). The lowest BCUT2D eigenvalue weighted by molar-refractivity contribution is -0.121. The van der Waals surface area contributed by atoms with E-state index in [1.165, 1.54) is 0 Å². The van der Waals surface area contributed by atoms with Gasteiger partial charge in [-0.2, -0.15) is 0 Å². The van der Waals surface area contributed by atoms with Gasteiger partial charge in [0.25, 0.3) is 5.91 Å². The molecular weight excluding hydrogens is 272 g/mol. The lowest BCUT2D eigenvalue weighted by atomic mass is 10.2. The topological polar surface area (TPSA) is 76.7 Å². The first-order valence-electron chi connectivity index (χ1n) is 7.15. The number of benzene rings is 1. The van der Waals surface area contributed by atoms with Crippen molar-refractivity contribution < 1.29 is 19.1 Å². The molecule has 0 saturated heterocycles. The predicted octanol–water partition coefficient (Wildman–Crippen LogP) is 1.45. The summed E-state index contributed by atoms with van der Waals surface area (Å²) >= 11 is 0. The molecule has 0 fully saturated rings. The monoisotopic (exact) mass is 292 g/mol. The summed E-state index contributed by atoms with van der Waals surface area (Å²) in [6.45, 7) is 3.05. The number of carbonyl (C=O) groups excluding carboxylic acids is 2. The van der Waals surface area contributed by atoms with Gasteiger partial charge in [-0.05, 0) is 24.6 Å². The molecule has 1 aromatic carbocycles. The van der Waals surface area contributed by atoms with Crippen LogP contribution in [-0.4, -0.2) is 31.7 Å². The summed E-state index contributed by atoms with van der Waals surface area (Å²) in [5.41, 5.74) is 0.511. The highest BCUT2D eigenvalue weighted by atomic mass is 16.7. The van der Waals surface area contributed by atoms with Gasteiger partial charge in [-0.3, -0.25) is 9.59 Å². The number of rotatable bonds is 7. The van der Waals surface area contributed by atoms with Crippen molar-refractivity contribution in [3.05, 3.63) is 23.8 Å². The number of unbranched alkanes of at least 4 members (excludes halogenated alkanes) is 1. The molecule has 0 aliphatic carbocycles. The van der Waals surface area contributed by atoms with E-state index in [1.54, 1.807) is 18.2 Å². The van der Waals surface area contributed by atoms with E-state index >= 15 is 0 Å². The van der Waals surface area contributed by atoms with Gasteiger partial charge in [0.15, 0.2) is 11.5 Å². The SMILES string of the molecule is CCCCC(=O)NCCNC(=O)c1ccc2c(c1)OCO2. The second-order valence-corrected chi connectivity index (χ2v) is 4.78. The Morgan fingerprint density at radius 3 is 2.71 bits per heavy atom. The average Bonchev–Trinajstić information content (AvgIpc) is 2.96. The van der Waals surface area contributed by atoms with Crippen molar-refractivity contribution in [1.82, 2.24) is 10.6 Å². The van der Waals surface area contributed by atoms with Crippen LogP contribution in [0.15, 0.2) is 18.2 Å². The fraction of sp³-hybridized carbons (Fsp3) is 0.467. The quantitative estimate of drug-likeness (QED) is 0.746. The van der Waals surface area contributed by atoms with Crippen LogP contribution in [0.4, 0.5) is 0 Å². The maximum atomic E-state index is 11.9. The van der Waals surface area contributed by atoms with Crippen molar-refractivity contribution in [3.8, 4) is 11.5 Å². The van der Waals surface area contributed by atoms with Crippen LogP contribution >= 0.6 is 0 Å². The second kappa shape index (κ2) is 7.52. The lowest BCUT2D eigenvalue weighted by Gasteiger charge is -2.07. The molecule has 2 N–H and O–H groups in total. The van der Waals surface area contributed by atoms with Crippen LogP contribution in [0.3, 0.4) is 0 Å². The molecule has 1 aliphatic rings. The minimum Gasteiger partial charge on any atom is -0.454 e. The molecule has 1 aliphatic heterocycles. The zero-order chi connectivity index (χ0) is 15.1. The van der Waals surface area contributed by atoms with Gasteiger partial charge < -0.3 is 20.1 Å². The van der Waals surface area contributed by atoms with Crippen molar-refractivity contribution in [3.63, 3.8) is 0 Å². The standard InChI is InChI=1S/C15H20N2O4/c1-2-3-4-14(18)16-7-8-17-15(19)11-5-6-12-13(9-11)21-10-20-12/h5-6,9H,2-4,7-8,10H2,1H3,(H,16,18)(H,17,19). The van der Waals surface area contributed by atoms with Crippen LogP contribution in [0, 0.1) is 0 Å². The van der Waals surface area contributed by atoms with E-state index in [4.69, 9.17) is 9.47 Å². The van der Waals surface area contributed by atoms with Gasteiger partial charge in [-0.15, -0.1) is 0 Å². The molecule has 114 valence electrons. The minimum atomic E-state index is -0.198. The van der Waals surface area contributed by atoms with Crippen LogP contribution in [0.2, 0.25) is 0 Å². The van der Waals surface area contributed by atoms with E-state index in [0.29, 0.717) is 36.6 Å². The molecule has 21 heavy (non-hydrogen) atoms. The van der Waals surface area contributed by atoms with Crippen molar-refractivity contribution in [2.75, 3.05) is 19.9 Å². The van der Waals surface area contributed by atoms with Gasteiger partial charge >= 0.3 is 0 Å². The van der Waals surface area contributed by atoms with Gasteiger partial charge in [-0.1, -0.05) is 13.3 Å². The first-order valence-corrected chi connectivity index (χ1v) is 7.15. The average molecular weight is 292 g/mol. The maximum Gasteiger partial charge on any atom is 0.251 e. The highest BCUT2D eigenvalue weighted by Gasteiger charge is 2.15. The summed E-state index contributed by atoms with van der Waals surface area (Å²) in [6, 6.07) is 5.05. The normalized spacial score (nSPS) is 12.0. The number of carbonyl (C=O) groups is 2. The Hall–Kier alpha value is -2.24. The number of amides is 2. The van der Waals surface area contributed by atoms with Crippen LogP contribution < -0.4 is 20.1 Å². The van der Waals surface area contributed by atoms with Gasteiger partial charge in [0.2, 0.25) is 12.7 Å². The molecule has 0 aromatic heterocycles. The Labute approximate surface area is 123 Å². The summed E-state index contributed by atoms with van der Waals surface area (Å²) in [5.74, 6) is 1.05. The Balaban J connectivity index is 1.71. The molecule has 2 amide bonds. The maximum absolute atomic E-state index is 11.9. The van der Waals surface area contributed by atoms with E-state index in [2.05, 4.69) is 10.6 Å². The van der Waals surface area contributed by atoms with Crippen molar-refractivity contribution >= 4 is 11.8 Å². The molecule has 0 atom stereocenters. The van der Waals surface area contributed by atoms with Gasteiger partial charge in [-0.25, -0.2) is 0 Å². The Kier molecular flexibility index (Phi) is 5.43. The fourth-order valence-corrected chi connectivity index (χ4v) is 1.94. The molecule has 0 spiro atoms. The third kappa shape index (κ3) is 4.37. The fourth-order valence-electron chi connectivity index (χ4n) is 1.94. The van der Waals surface area contributed by atoms with Crippen LogP contribution in [0.1, 0.15) is 36.5 Å². The third-order valence-electron chi connectivity index (χ3n) is 3.12. The Morgan fingerprint density at radius 1 is 1.14 bits per heavy atom. The Bertz CT molecular complexity index is 516. The summed E-state index contributed by atoms with van der Waals surface area (Å²) in [7, 11) is 0. The largest absolute Gasteiger partial charge is 0.454 e. The summed E-state index contributed by atoms with van der Waals surface area (Å²) < 4.78 is 10.4. The zero-order valence-corrected chi connectivity index (χ0v) is 12.1. The molecular formula is C15H20N2O4. The first-order chi connectivity index (χ1) is 10.2. The van der Waals surface area contributed by atoms with Crippen molar-refractivity contribution in [2.45, 2.75) is 26.2 Å². The summed E-state index contributed by atoms with van der Waals surface area (Å²) in [6.07, 6.45) is 2.41. The molecule has 1 heterocycles. The lowest BCUT2D eigenvalue weighted by Crippen LogP contribution is -2.34. The zero-order valence-electron chi connectivity index (χ0n) is 12.1. The molecule has 1 aromatic rings. The highest BCUT2D eigenvalue weighted by Crippen LogP contribution is 2.32. The van der Waals surface area contributed by atoms with Crippen molar-refractivity contribution in [2.24, 2.45) is 0 Å². The van der Waals surface area contributed by atoms with Gasteiger partial charge in [0, 0.05) is 25.1 Å². The molecule has 6 nitrogen and oxygen atoms in total. The molecule has 0 radical (unpaired) electrons. The second-order valence-electron chi connectivity index (χ2n) is 4.78. The number of fused-ring (bicyclic) bond motifs is 1. The summed E-state index contributed by atoms with van der Waals surface area (Å²) in [4.78, 5) is 23.3. The first kappa shape index (κ1) is 15.2. The third-order valence-corrected chi connectivity index (χ3v) is 3.12. The highest BCUT2D eigenvalue weighted by molar-refractivity contribution is 5.94. The van der Waals surface area contributed by atoms with E-state index in [0.717, 1.165) is 12.8 Å². The summed E-state index contributed by atoms with van der Waals surface area (Å²) in [5, 5.41) is 5.52. The number of ether oxygens (including phenoxy) is 2. The minimum absolute atomic E-state index is 0.0224. The molecule has 0 bridgehead atoms. The van der Waals surface area contributed by atoms with Crippen LogP contribution in [0.5, 0.6) is 11.5 Å². The van der Waals surface area contributed by atoms with Gasteiger partial charge in [0.05, 0.1) is 0 Å². The smallest absolute Gasteiger partial charge is 0.251 e. The number of hydrogen-bond donors (Lipinski definition) is 2. The predicted molar refractivity (Wildman–Crippen MR) is 77.4 cm³/mol. The van der Waals surface area contributed by atoms with Crippen molar-refractivity contribution in [1.29, 1.82) is 0 Å². The number of hydrogen-bond acceptors (Lipinski definition) is 4. The van der Waals surface area contributed by atoms with Gasteiger partial charge in [0.1, 0.15) is 0 Å². The van der Waals surface area contributed by atoms with E-state index < -0.39 is 0 Å². The Morgan fingerprint density at radius 2 is 1.90 bits per heavy atom. The van der Waals surface area contributed by atoms with Crippen LogP contribution in [-0.2, 0) is 4.79 Å². The van der Waals surface area contributed by atoms with E-state index in [9.17, 15) is 9.59 Å². The number of nitrogens with one attached hydrogen (secondary N) is 2. The van der Waals surface area contributed by atoms with Crippen LogP contribution in [0.25, 0.3) is 0 Å².